The van der Waals surface area contributed by atoms with Gasteiger partial charge in [-0.25, -0.2) is 0 Å². The smallest absolute Gasteiger partial charge is 0.0110 e. The first kappa shape index (κ1) is 16.4. The van der Waals surface area contributed by atoms with E-state index in [-0.39, 0.29) is 0 Å². The number of benzene rings is 2. The van der Waals surface area contributed by atoms with Gasteiger partial charge in [0.05, 0.1) is 0 Å². The monoisotopic (exact) mass is 311 g/mol. The maximum atomic E-state index is 3.61. The SMILES string of the molecule is CN1CCN(CCCNCCc2cccc3ccccc23)CC1. The van der Waals surface area contributed by atoms with Crippen molar-refractivity contribution in [1.29, 1.82) is 0 Å². The van der Waals surface area contributed by atoms with Crippen molar-refractivity contribution in [2.45, 2.75) is 12.8 Å². The number of rotatable bonds is 7. The van der Waals surface area contributed by atoms with E-state index in [9.17, 15) is 0 Å². The lowest BCUT2D eigenvalue weighted by Gasteiger charge is -2.32. The number of hydrogen-bond acceptors (Lipinski definition) is 3. The molecule has 1 saturated heterocycles. The van der Waals surface area contributed by atoms with Crippen LogP contribution < -0.4 is 5.32 Å². The van der Waals surface area contributed by atoms with E-state index in [1.54, 1.807) is 0 Å². The van der Waals surface area contributed by atoms with E-state index in [2.05, 4.69) is 64.6 Å². The molecule has 2 aromatic rings. The van der Waals surface area contributed by atoms with Crippen molar-refractivity contribution in [3.63, 3.8) is 0 Å². The fraction of sp³-hybridized carbons (Fsp3) is 0.500. The highest BCUT2D eigenvalue weighted by Crippen LogP contribution is 2.18. The van der Waals surface area contributed by atoms with Crippen LogP contribution in [0.2, 0.25) is 0 Å². The molecular formula is C20H29N3. The second-order valence-corrected chi connectivity index (χ2v) is 6.64. The number of hydrogen-bond donors (Lipinski definition) is 1. The van der Waals surface area contributed by atoms with Gasteiger partial charge in [0.1, 0.15) is 0 Å². The molecule has 124 valence electrons. The molecule has 0 atom stereocenters. The molecule has 1 heterocycles. The molecule has 1 N–H and O–H groups in total. The molecule has 1 aliphatic heterocycles. The summed E-state index contributed by atoms with van der Waals surface area (Å²) in [4.78, 5) is 5.01. The van der Waals surface area contributed by atoms with Crippen molar-refractivity contribution in [1.82, 2.24) is 15.1 Å². The van der Waals surface area contributed by atoms with Crippen molar-refractivity contribution < 1.29 is 0 Å². The molecule has 0 unspecified atom stereocenters. The molecule has 1 fully saturated rings. The van der Waals surface area contributed by atoms with Gasteiger partial charge in [0.25, 0.3) is 0 Å². The summed E-state index contributed by atoms with van der Waals surface area (Å²) in [6, 6.07) is 15.3. The maximum Gasteiger partial charge on any atom is 0.0110 e. The fourth-order valence-electron chi connectivity index (χ4n) is 3.36. The lowest BCUT2D eigenvalue weighted by molar-refractivity contribution is 0.153. The predicted octanol–water partition coefficient (Wildman–Crippen LogP) is 2.61. The molecule has 3 nitrogen and oxygen atoms in total. The summed E-state index contributed by atoms with van der Waals surface area (Å²) in [6.07, 6.45) is 2.36. The van der Waals surface area contributed by atoms with Crippen LogP contribution in [0, 0.1) is 0 Å². The van der Waals surface area contributed by atoms with Crippen molar-refractivity contribution in [3.05, 3.63) is 48.0 Å². The minimum atomic E-state index is 1.07. The van der Waals surface area contributed by atoms with Crippen LogP contribution in [-0.4, -0.2) is 62.7 Å². The lowest BCUT2D eigenvalue weighted by atomic mass is 10.0. The first-order valence-corrected chi connectivity index (χ1v) is 8.91. The van der Waals surface area contributed by atoms with Crippen LogP contribution in [0.25, 0.3) is 10.8 Å². The first-order valence-electron chi connectivity index (χ1n) is 8.91. The molecule has 3 rings (SSSR count). The highest BCUT2D eigenvalue weighted by Gasteiger charge is 2.12. The summed E-state index contributed by atoms with van der Waals surface area (Å²) < 4.78 is 0. The molecular weight excluding hydrogens is 282 g/mol. The lowest BCUT2D eigenvalue weighted by Crippen LogP contribution is -2.45. The zero-order valence-electron chi connectivity index (χ0n) is 14.3. The Labute approximate surface area is 140 Å². The van der Waals surface area contributed by atoms with Gasteiger partial charge in [-0.1, -0.05) is 42.5 Å². The summed E-state index contributed by atoms with van der Waals surface area (Å²) in [6.45, 7) is 8.31. The quantitative estimate of drug-likeness (QED) is 0.793. The number of piperazine rings is 1. The minimum absolute atomic E-state index is 1.07. The van der Waals surface area contributed by atoms with Gasteiger partial charge in [0, 0.05) is 26.2 Å². The van der Waals surface area contributed by atoms with E-state index >= 15 is 0 Å². The Morgan fingerprint density at radius 3 is 2.57 bits per heavy atom. The van der Waals surface area contributed by atoms with Gasteiger partial charge in [-0.2, -0.15) is 0 Å². The van der Waals surface area contributed by atoms with Gasteiger partial charge in [-0.15, -0.1) is 0 Å². The molecule has 23 heavy (non-hydrogen) atoms. The molecule has 1 aliphatic rings. The van der Waals surface area contributed by atoms with Gasteiger partial charge in [-0.3, -0.25) is 0 Å². The van der Waals surface area contributed by atoms with Crippen LogP contribution in [-0.2, 0) is 6.42 Å². The average molecular weight is 311 g/mol. The second-order valence-electron chi connectivity index (χ2n) is 6.64. The Hall–Kier alpha value is -1.42. The number of nitrogens with one attached hydrogen (secondary N) is 1. The summed E-state index contributed by atoms with van der Waals surface area (Å²) in [5, 5.41) is 6.35. The Balaban J connectivity index is 1.35. The van der Waals surface area contributed by atoms with Crippen LogP contribution in [0.3, 0.4) is 0 Å². The summed E-state index contributed by atoms with van der Waals surface area (Å²) in [5.41, 5.74) is 1.45. The van der Waals surface area contributed by atoms with Gasteiger partial charge >= 0.3 is 0 Å². The fourth-order valence-corrected chi connectivity index (χ4v) is 3.36. The van der Waals surface area contributed by atoms with Crippen LogP contribution >= 0.6 is 0 Å². The summed E-state index contributed by atoms with van der Waals surface area (Å²) in [7, 11) is 2.21. The second kappa shape index (κ2) is 8.44. The van der Waals surface area contributed by atoms with E-state index in [0.29, 0.717) is 0 Å². The van der Waals surface area contributed by atoms with Crippen molar-refractivity contribution in [2.75, 3.05) is 52.9 Å². The minimum Gasteiger partial charge on any atom is -0.316 e. The molecule has 0 bridgehead atoms. The third-order valence-corrected chi connectivity index (χ3v) is 4.87. The molecule has 3 heteroatoms. The molecule has 0 aliphatic carbocycles. The number of likely N-dealkylation sites (N-methyl/N-ethyl adjacent to an activating group) is 1. The van der Waals surface area contributed by atoms with Gasteiger partial charge < -0.3 is 15.1 Å². The van der Waals surface area contributed by atoms with Crippen molar-refractivity contribution in [3.8, 4) is 0 Å². The Bertz CT molecular complexity index is 597. The zero-order valence-corrected chi connectivity index (χ0v) is 14.3. The average Bonchev–Trinajstić information content (AvgIpc) is 2.59. The van der Waals surface area contributed by atoms with E-state index in [1.165, 1.54) is 55.5 Å². The summed E-state index contributed by atoms with van der Waals surface area (Å²) >= 11 is 0. The van der Waals surface area contributed by atoms with Crippen LogP contribution in [0.15, 0.2) is 42.5 Å². The standard InChI is InChI=1S/C20H29N3/c1-22-14-16-23(17-15-22)13-5-11-21-12-10-19-8-4-7-18-6-2-3-9-20(18)19/h2-4,6-9,21H,5,10-17H2,1H3. The Morgan fingerprint density at radius 1 is 0.913 bits per heavy atom. The molecule has 2 aromatic carbocycles. The topological polar surface area (TPSA) is 18.5 Å². The van der Waals surface area contributed by atoms with Crippen LogP contribution in [0.5, 0.6) is 0 Å². The van der Waals surface area contributed by atoms with Gasteiger partial charge in [0.15, 0.2) is 0 Å². The third-order valence-electron chi connectivity index (χ3n) is 4.87. The third kappa shape index (κ3) is 4.77. The predicted molar refractivity (Wildman–Crippen MR) is 99.1 cm³/mol. The summed E-state index contributed by atoms with van der Waals surface area (Å²) in [5.74, 6) is 0. The zero-order chi connectivity index (χ0) is 15.9. The van der Waals surface area contributed by atoms with Crippen LogP contribution in [0.1, 0.15) is 12.0 Å². The van der Waals surface area contributed by atoms with E-state index in [0.717, 1.165) is 19.5 Å². The van der Waals surface area contributed by atoms with E-state index in [4.69, 9.17) is 0 Å². The highest BCUT2D eigenvalue weighted by atomic mass is 15.2. The molecule has 0 spiro atoms. The van der Waals surface area contributed by atoms with Crippen LogP contribution in [0.4, 0.5) is 0 Å². The number of fused-ring (bicyclic) bond motifs is 1. The molecule has 0 aromatic heterocycles. The molecule has 0 radical (unpaired) electrons. The molecule has 0 amide bonds. The van der Waals surface area contributed by atoms with Gasteiger partial charge in [0.2, 0.25) is 0 Å². The Kier molecular flexibility index (Phi) is 6.03. The van der Waals surface area contributed by atoms with E-state index in [1.807, 2.05) is 0 Å². The van der Waals surface area contributed by atoms with E-state index < -0.39 is 0 Å². The van der Waals surface area contributed by atoms with Crippen molar-refractivity contribution in [2.24, 2.45) is 0 Å². The first-order chi connectivity index (χ1) is 11.3. The van der Waals surface area contributed by atoms with Gasteiger partial charge in [-0.05, 0) is 55.9 Å². The van der Waals surface area contributed by atoms with Crippen molar-refractivity contribution >= 4 is 10.8 Å². The Morgan fingerprint density at radius 2 is 1.70 bits per heavy atom. The molecule has 0 saturated carbocycles. The maximum absolute atomic E-state index is 3.61. The normalized spacial score (nSPS) is 16.9. The largest absolute Gasteiger partial charge is 0.316 e. The highest BCUT2D eigenvalue weighted by molar-refractivity contribution is 5.85. The number of nitrogens with zero attached hydrogens (tertiary/aromatic N) is 2.